The van der Waals surface area contributed by atoms with Crippen LogP contribution in [0.3, 0.4) is 0 Å². The molecule has 0 N–H and O–H groups in total. The maximum Gasteiger partial charge on any atom is 0.461 e. The Hall–Kier alpha value is -1.30. The van der Waals surface area contributed by atoms with Gasteiger partial charge in [-0.2, -0.15) is 17.6 Å². The van der Waals surface area contributed by atoms with Gasteiger partial charge in [0.05, 0.1) is 0 Å². The van der Waals surface area contributed by atoms with Gasteiger partial charge in [-0.15, -0.1) is 0 Å². The number of nitrogens with zero attached hydrogens (tertiary/aromatic N) is 1. The molecule has 0 heterocycles. The lowest BCUT2D eigenvalue weighted by molar-refractivity contribution is -0.253. The van der Waals surface area contributed by atoms with Gasteiger partial charge >= 0.3 is 12.5 Å². The van der Waals surface area contributed by atoms with Crippen LogP contribution in [0.15, 0.2) is 24.3 Å². The topological polar surface area (TPSA) is 12.5 Å². The first kappa shape index (κ1) is 15.8. The summed E-state index contributed by atoms with van der Waals surface area (Å²) < 4.78 is 54.1. The van der Waals surface area contributed by atoms with Crippen molar-refractivity contribution in [2.45, 2.75) is 25.4 Å². The Kier molecular flexibility index (Phi) is 5.60. The molecule has 0 bridgehead atoms. The molecule has 0 spiro atoms. The van der Waals surface area contributed by atoms with Crippen LogP contribution in [0.1, 0.15) is 12.0 Å². The van der Waals surface area contributed by atoms with Gasteiger partial charge in [-0.25, -0.2) is 0 Å². The smallest absolute Gasteiger partial charge is 0.428 e. The van der Waals surface area contributed by atoms with Gasteiger partial charge in [-0.1, -0.05) is 18.2 Å². The predicted octanol–water partition coefficient (Wildman–Crippen LogP) is 3.42. The molecule has 0 saturated carbocycles. The highest BCUT2D eigenvalue weighted by Crippen LogP contribution is 2.30. The summed E-state index contributed by atoms with van der Waals surface area (Å²) in [7, 11) is 3.79. The molecule has 19 heavy (non-hydrogen) atoms. The van der Waals surface area contributed by atoms with E-state index in [0.29, 0.717) is 12.0 Å². The van der Waals surface area contributed by atoms with E-state index in [-0.39, 0.29) is 5.75 Å². The Balaban J connectivity index is 2.73. The van der Waals surface area contributed by atoms with E-state index in [1.807, 2.05) is 19.0 Å². The number of para-hydroxylation sites is 1. The van der Waals surface area contributed by atoms with Crippen molar-refractivity contribution in [3.05, 3.63) is 29.8 Å². The molecule has 0 atom stereocenters. The first-order valence-corrected chi connectivity index (χ1v) is 5.90. The van der Waals surface area contributed by atoms with Crippen molar-refractivity contribution in [1.82, 2.24) is 4.90 Å². The normalized spacial score (nSPS) is 12.2. The van der Waals surface area contributed by atoms with E-state index in [0.717, 1.165) is 13.0 Å². The molecular formula is C13H17F4NO. The number of benzene rings is 1. The molecular weight excluding hydrogens is 262 g/mol. The Bertz CT molecular complexity index is 396. The third-order valence-electron chi connectivity index (χ3n) is 2.52. The number of rotatable bonds is 7. The van der Waals surface area contributed by atoms with E-state index in [4.69, 9.17) is 0 Å². The van der Waals surface area contributed by atoms with E-state index in [9.17, 15) is 17.6 Å². The molecule has 0 aliphatic carbocycles. The lowest BCUT2D eigenvalue weighted by Crippen LogP contribution is -2.33. The van der Waals surface area contributed by atoms with Gasteiger partial charge in [0, 0.05) is 0 Å². The minimum absolute atomic E-state index is 0.188. The second kappa shape index (κ2) is 6.75. The summed E-state index contributed by atoms with van der Waals surface area (Å²) in [5.74, 6) is -0.188. The van der Waals surface area contributed by atoms with Crippen LogP contribution in [0.25, 0.3) is 0 Å². The average molecular weight is 279 g/mol. The zero-order valence-corrected chi connectivity index (χ0v) is 10.9. The molecule has 0 aliphatic rings. The van der Waals surface area contributed by atoms with Crippen LogP contribution in [-0.4, -0.2) is 38.1 Å². The van der Waals surface area contributed by atoms with E-state index < -0.39 is 12.5 Å². The lowest BCUT2D eigenvalue weighted by Gasteiger charge is -2.19. The molecule has 2 nitrogen and oxygen atoms in total. The summed E-state index contributed by atoms with van der Waals surface area (Å²) in [6.45, 7) is 0.777. The molecule has 0 amide bonds. The van der Waals surface area contributed by atoms with Crippen LogP contribution in [0.4, 0.5) is 17.6 Å². The highest BCUT2D eigenvalue weighted by atomic mass is 19.3. The molecule has 0 radical (unpaired) electrons. The molecule has 1 rings (SSSR count). The van der Waals surface area contributed by atoms with Crippen LogP contribution in [-0.2, 0) is 6.42 Å². The van der Waals surface area contributed by atoms with Crippen molar-refractivity contribution in [1.29, 1.82) is 0 Å². The van der Waals surface area contributed by atoms with E-state index >= 15 is 0 Å². The SMILES string of the molecule is CN(C)CCCc1ccccc1OC(F)(F)C(F)F. The summed E-state index contributed by atoms with van der Waals surface area (Å²) in [5.41, 5.74) is 0.504. The van der Waals surface area contributed by atoms with E-state index in [1.165, 1.54) is 12.1 Å². The van der Waals surface area contributed by atoms with Crippen molar-refractivity contribution < 1.29 is 22.3 Å². The maximum absolute atomic E-state index is 12.9. The quantitative estimate of drug-likeness (QED) is 0.709. The molecule has 6 heteroatoms. The van der Waals surface area contributed by atoms with Gasteiger partial charge < -0.3 is 9.64 Å². The zero-order valence-electron chi connectivity index (χ0n) is 10.9. The first-order chi connectivity index (χ1) is 8.83. The summed E-state index contributed by atoms with van der Waals surface area (Å²) in [6.07, 6.45) is -7.08. The van der Waals surface area contributed by atoms with Gasteiger partial charge in [0.1, 0.15) is 5.75 Å². The Morgan fingerprint density at radius 2 is 1.84 bits per heavy atom. The largest absolute Gasteiger partial charge is 0.461 e. The van der Waals surface area contributed by atoms with Crippen LogP contribution < -0.4 is 4.74 Å². The Morgan fingerprint density at radius 1 is 1.21 bits per heavy atom. The number of alkyl halides is 4. The summed E-state index contributed by atoms with van der Waals surface area (Å²) in [5, 5.41) is 0. The number of hydrogen-bond acceptors (Lipinski definition) is 2. The molecule has 108 valence electrons. The average Bonchev–Trinajstić information content (AvgIpc) is 2.30. The molecule has 0 unspecified atom stereocenters. The van der Waals surface area contributed by atoms with Crippen molar-refractivity contribution in [2.24, 2.45) is 0 Å². The zero-order chi connectivity index (χ0) is 14.5. The standard InChI is InChI=1S/C13H17F4NO/c1-18(2)9-5-7-10-6-3-4-8-11(10)19-13(16,17)12(14)15/h3-4,6,8,12H,5,7,9H2,1-2H3. The van der Waals surface area contributed by atoms with Crippen molar-refractivity contribution in [3.63, 3.8) is 0 Å². The second-order valence-corrected chi connectivity index (χ2v) is 4.48. The molecule has 1 aromatic rings. The Labute approximate surface area is 110 Å². The first-order valence-electron chi connectivity index (χ1n) is 5.90. The fourth-order valence-electron chi connectivity index (χ4n) is 1.59. The van der Waals surface area contributed by atoms with Crippen molar-refractivity contribution >= 4 is 0 Å². The minimum Gasteiger partial charge on any atom is -0.428 e. The van der Waals surface area contributed by atoms with Gasteiger partial charge in [-0.05, 0) is 45.1 Å². The van der Waals surface area contributed by atoms with Gasteiger partial charge in [0.25, 0.3) is 0 Å². The van der Waals surface area contributed by atoms with Crippen LogP contribution in [0.2, 0.25) is 0 Å². The third-order valence-corrected chi connectivity index (χ3v) is 2.52. The van der Waals surface area contributed by atoms with Gasteiger partial charge in [0.15, 0.2) is 0 Å². The lowest BCUT2D eigenvalue weighted by atomic mass is 10.1. The number of aryl methyl sites for hydroxylation is 1. The van der Waals surface area contributed by atoms with Gasteiger partial charge in [-0.3, -0.25) is 0 Å². The Morgan fingerprint density at radius 3 is 2.42 bits per heavy atom. The number of halogens is 4. The third kappa shape index (κ3) is 5.06. The van der Waals surface area contributed by atoms with Gasteiger partial charge in [0.2, 0.25) is 0 Å². The van der Waals surface area contributed by atoms with Crippen LogP contribution in [0.5, 0.6) is 5.75 Å². The fraction of sp³-hybridized carbons (Fsp3) is 0.538. The van der Waals surface area contributed by atoms with Crippen molar-refractivity contribution in [3.8, 4) is 5.75 Å². The minimum atomic E-state index is -4.46. The van der Waals surface area contributed by atoms with Crippen LogP contribution >= 0.6 is 0 Å². The van der Waals surface area contributed by atoms with E-state index in [1.54, 1.807) is 12.1 Å². The predicted molar refractivity (Wildman–Crippen MR) is 64.9 cm³/mol. The summed E-state index contributed by atoms with van der Waals surface area (Å²) in [6, 6.07) is 6.03. The highest BCUT2D eigenvalue weighted by Gasteiger charge is 2.44. The van der Waals surface area contributed by atoms with Crippen molar-refractivity contribution in [2.75, 3.05) is 20.6 Å². The monoisotopic (exact) mass is 279 g/mol. The summed E-state index contributed by atoms with van der Waals surface area (Å²) in [4.78, 5) is 1.96. The highest BCUT2D eigenvalue weighted by molar-refractivity contribution is 5.33. The molecule has 0 fully saturated rings. The van der Waals surface area contributed by atoms with E-state index in [2.05, 4.69) is 4.74 Å². The number of hydrogen-bond donors (Lipinski definition) is 0. The molecule has 1 aromatic carbocycles. The second-order valence-electron chi connectivity index (χ2n) is 4.48. The molecule has 0 aromatic heterocycles. The fourth-order valence-corrected chi connectivity index (χ4v) is 1.59. The summed E-state index contributed by atoms with van der Waals surface area (Å²) >= 11 is 0. The maximum atomic E-state index is 12.9. The van der Waals surface area contributed by atoms with Crippen LogP contribution in [0, 0.1) is 0 Å². The molecule has 0 aliphatic heterocycles. The molecule has 0 saturated heterocycles. The number of ether oxygens (including phenoxy) is 1.